The summed E-state index contributed by atoms with van der Waals surface area (Å²) < 4.78 is 53.8. The normalized spacial score (nSPS) is 21.1. The Hall–Kier alpha value is -3.06. The van der Waals surface area contributed by atoms with Crippen molar-refractivity contribution in [3.8, 4) is 0 Å². The van der Waals surface area contributed by atoms with Gasteiger partial charge in [-0.25, -0.2) is 9.97 Å². The van der Waals surface area contributed by atoms with Gasteiger partial charge in [-0.3, -0.25) is 14.7 Å². The fourth-order valence-electron chi connectivity index (χ4n) is 4.18. The number of amides is 1. The Kier molecular flexibility index (Phi) is 7.36. The highest BCUT2D eigenvalue weighted by atomic mass is 19.4. The number of likely N-dealkylation sites (tertiary alicyclic amines) is 1. The van der Waals surface area contributed by atoms with Gasteiger partial charge in [0, 0.05) is 31.2 Å². The number of piperidine rings is 1. The lowest BCUT2D eigenvalue weighted by atomic mass is 9.94. The number of nitrogens with two attached hydrogens (primary N) is 1. The highest BCUT2D eigenvalue weighted by Crippen LogP contribution is 2.35. The van der Waals surface area contributed by atoms with Crippen LogP contribution in [0.25, 0.3) is 0 Å². The molecular formula is C22H27F4N7O2. The van der Waals surface area contributed by atoms with E-state index in [2.05, 4.69) is 20.3 Å². The number of anilines is 2. The van der Waals surface area contributed by atoms with Crippen LogP contribution in [0.5, 0.6) is 0 Å². The summed E-state index contributed by atoms with van der Waals surface area (Å²) in [4.78, 5) is 26.5. The molecule has 0 unspecified atom stereocenters. The minimum atomic E-state index is -4.48. The standard InChI is InChI=1S/C22H27F4N7O2/c23-19-20(29-7-13-5-6-32(10-17(13)34)11-18(27)35)30-12-31-21(19)33(16-3-4-16)9-15-2-1-14(8-28-15)22(24,25)26/h1-2,8,12-13,16-17,34H,3-7,9-11H2,(H2,27,35)(H,29,30,31)/t13-,17+/m0/s1. The Balaban J connectivity index is 1.42. The number of alkyl halides is 3. The number of carbonyl (C=O) groups is 1. The number of rotatable bonds is 9. The Morgan fingerprint density at radius 3 is 2.60 bits per heavy atom. The molecular weight excluding hydrogens is 470 g/mol. The highest BCUT2D eigenvalue weighted by Gasteiger charge is 2.34. The number of nitrogens with one attached hydrogen (secondary N) is 1. The minimum Gasteiger partial charge on any atom is -0.391 e. The Morgan fingerprint density at radius 1 is 1.23 bits per heavy atom. The molecule has 0 aromatic carbocycles. The molecule has 1 saturated heterocycles. The molecule has 1 aliphatic carbocycles. The highest BCUT2D eigenvalue weighted by molar-refractivity contribution is 5.75. The van der Waals surface area contributed by atoms with Crippen molar-refractivity contribution in [1.82, 2.24) is 19.9 Å². The van der Waals surface area contributed by atoms with Crippen LogP contribution in [-0.4, -0.2) is 69.2 Å². The summed E-state index contributed by atoms with van der Waals surface area (Å²) in [6, 6.07) is 2.24. The van der Waals surface area contributed by atoms with E-state index in [-0.39, 0.29) is 43.2 Å². The number of aliphatic hydroxyl groups is 1. The number of nitrogens with zero attached hydrogens (tertiary/aromatic N) is 5. The van der Waals surface area contributed by atoms with E-state index in [4.69, 9.17) is 5.73 Å². The van der Waals surface area contributed by atoms with Crippen molar-refractivity contribution in [2.45, 2.75) is 44.1 Å². The number of carbonyl (C=O) groups excluding carboxylic acids is 1. The van der Waals surface area contributed by atoms with Gasteiger partial charge in [0.05, 0.1) is 30.5 Å². The van der Waals surface area contributed by atoms with Crippen molar-refractivity contribution in [1.29, 1.82) is 0 Å². The van der Waals surface area contributed by atoms with Gasteiger partial charge in [-0.1, -0.05) is 0 Å². The Labute approximate surface area is 199 Å². The molecule has 3 heterocycles. The summed E-state index contributed by atoms with van der Waals surface area (Å²) in [6.07, 6.45) is -0.992. The average Bonchev–Trinajstić information content (AvgIpc) is 3.63. The summed E-state index contributed by atoms with van der Waals surface area (Å²) in [6.45, 7) is 1.32. The van der Waals surface area contributed by atoms with E-state index in [1.165, 1.54) is 12.4 Å². The molecule has 2 aromatic heterocycles. The molecule has 0 radical (unpaired) electrons. The van der Waals surface area contributed by atoms with E-state index < -0.39 is 29.6 Å². The molecule has 9 nitrogen and oxygen atoms in total. The number of hydrogen-bond donors (Lipinski definition) is 3. The van der Waals surface area contributed by atoms with Crippen molar-refractivity contribution in [3.63, 3.8) is 0 Å². The third-order valence-corrected chi connectivity index (χ3v) is 6.23. The molecule has 0 spiro atoms. The predicted octanol–water partition coefficient (Wildman–Crippen LogP) is 1.78. The topological polar surface area (TPSA) is 120 Å². The van der Waals surface area contributed by atoms with Crippen LogP contribution < -0.4 is 16.0 Å². The van der Waals surface area contributed by atoms with E-state index >= 15 is 4.39 Å². The molecule has 2 atom stereocenters. The number of halogens is 4. The number of aromatic nitrogens is 3. The van der Waals surface area contributed by atoms with Gasteiger partial charge in [0.2, 0.25) is 11.7 Å². The molecule has 1 saturated carbocycles. The molecule has 190 valence electrons. The molecule has 13 heteroatoms. The Bertz CT molecular complexity index is 1030. The van der Waals surface area contributed by atoms with E-state index in [0.29, 0.717) is 25.2 Å². The van der Waals surface area contributed by atoms with Crippen molar-refractivity contribution in [2.75, 3.05) is 36.4 Å². The van der Waals surface area contributed by atoms with Crippen LogP contribution in [0.2, 0.25) is 0 Å². The zero-order chi connectivity index (χ0) is 25.2. The third kappa shape index (κ3) is 6.34. The predicted molar refractivity (Wildman–Crippen MR) is 119 cm³/mol. The van der Waals surface area contributed by atoms with Crippen LogP contribution in [0.3, 0.4) is 0 Å². The largest absolute Gasteiger partial charge is 0.417 e. The molecule has 1 aliphatic heterocycles. The van der Waals surface area contributed by atoms with Crippen LogP contribution >= 0.6 is 0 Å². The summed E-state index contributed by atoms with van der Waals surface area (Å²) in [5, 5.41) is 13.4. The lowest BCUT2D eigenvalue weighted by Gasteiger charge is -2.35. The van der Waals surface area contributed by atoms with Crippen molar-refractivity contribution < 1.29 is 27.5 Å². The van der Waals surface area contributed by atoms with E-state index in [9.17, 15) is 23.1 Å². The lowest BCUT2D eigenvalue weighted by Crippen LogP contribution is -2.48. The zero-order valence-electron chi connectivity index (χ0n) is 18.9. The van der Waals surface area contributed by atoms with Crippen LogP contribution in [0.15, 0.2) is 24.7 Å². The molecule has 2 aromatic rings. The minimum absolute atomic E-state index is 0.00717. The van der Waals surface area contributed by atoms with Crippen molar-refractivity contribution in [2.24, 2.45) is 11.7 Å². The van der Waals surface area contributed by atoms with E-state index in [0.717, 1.165) is 25.1 Å². The van der Waals surface area contributed by atoms with Gasteiger partial charge in [0.25, 0.3) is 0 Å². The zero-order valence-corrected chi connectivity index (χ0v) is 18.9. The second kappa shape index (κ2) is 10.3. The van der Waals surface area contributed by atoms with E-state index in [1.54, 1.807) is 9.80 Å². The van der Waals surface area contributed by atoms with Gasteiger partial charge < -0.3 is 21.1 Å². The van der Waals surface area contributed by atoms with Crippen LogP contribution in [0, 0.1) is 11.7 Å². The van der Waals surface area contributed by atoms with Crippen molar-refractivity contribution >= 4 is 17.5 Å². The van der Waals surface area contributed by atoms with Gasteiger partial charge in [0.1, 0.15) is 6.33 Å². The van der Waals surface area contributed by atoms with Crippen LogP contribution in [0.4, 0.5) is 29.2 Å². The van der Waals surface area contributed by atoms with Gasteiger partial charge in [-0.05, 0) is 37.9 Å². The maximum Gasteiger partial charge on any atom is 0.417 e. The fourth-order valence-corrected chi connectivity index (χ4v) is 4.18. The molecule has 4 rings (SSSR count). The van der Waals surface area contributed by atoms with E-state index in [1.807, 2.05) is 0 Å². The molecule has 1 amide bonds. The Morgan fingerprint density at radius 2 is 2.00 bits per heavy atom. The maximum atomic E-state index is 15.4. The van der Waals surface area contributed by atoms with Crippen LogP contribution in [-0.2, 0) is 17.5 Å². The SMILES string of the molecule is NC(=O)CN1CC[C@@H](CNc2ncnc(N(Cc3ccc(C(F)(F)F)cn3)C3CC3)c2F)[C@H](O)C1. The summed E-state index contributed by atoms with van der Waals surface area (Å²) in [5.41, 5.74) is 4.73. The van der Waals surface area contributed by atoms with Gasteiger partial charge in [-0.2, -0.15) is 17.6 Å². The number of primary amides is 1. The average molecular weight is 497 g/mol. The first kappa shape index (κ1) is 25.0. The first-order valence-corrected chi connectivity index (χ1v) is 11.3. The third-order valence-electron chi connectivity index (χ3n) is 6.23. The lowest BCUT2D eigenvalue weighted by molar-refractivity contribution is -0.137. The summed E-state index contributed by atoms with van der Waals surface area (Å²) in [5.74, 6) is -1.29. The first-order chi connectivity index (χ1) is 16.6. The smallest absolute Gasteiger partial charge is 0.391 e. The molecule has 35 heavy (non-hydrogen) atoms. The second-order valence-electron chi connectivity index (χ2n) is 8.95. The van der Waals surface area contributed by atoms with Crippen LogP contribution in [0.1, 0.15) is 30.5 Å². The monoisotopic (exact) mass is 497 g/mol. The van der Waals surface area contributed by atoms with Gasteiger partial charge in [0.15, 0.2) is 11.6 Å². The molecule has 2 fully saturated rings. The quantitative estimate of drug-likeness (QED) is 0.449. The molecule has 0 bridgehead atoms. The van der Waals surface area contributed by atoms with Gasteiger partial charge in [-0.15, -0.1) is 0 Å². The summed E-state index contributed by atoms with van der Waals surface area (Å²) >= 11 is 0. The van der Waals surface area contributed by atoms with Gasteiger partial charge >= 0.3 is 6.18 Å². The number of β-amino-alcohol motifs (C(OH)–C–C–N with tert-alkyl or cyclic N) is 1. The first-order valence-electron chi connectivity index (χ1n) is 11.3. The maximum absolute atomic E-state index is 15.4. The molecule has 2 aliphatic rings. The second-order valence-corrected chi connectivity index (χ2v) is 8.95. The number of hydrogen-bond acceptors (Lipinski definition) is 8. The number of aliphatic hydroxyl groups excluding tert-OH is 1. The molecule has 4 N–H and O–H groups in total. The van der Waals surface area contributed by atoms with Crippen molar-refractivity contribution in [3.05, 3.63) is 41.7 Å². The summed E-state index contributed by atoms with van der Waals surface area (Å²) in [7, 11) is 0. The fraction of sp³-hybridized carbons (Fsp3) is 0.545. The number of pyridine rings is 1.